The first-order valence-electron chi connectivity index (χ1n) is 5.57. The highest BCUT2D eigenvalue weighted by Crippen LogP contribution is 2.01. The molecule has 0 aromatic rings. The maximum absolute atomic E-state index is 11.0. The van der Waals surface area contributed by atoms with E-state index < -0.39 is 0 Å². The predicted octanol–water partition coefficient (Wildman–Crippen LogP) is 2.27. The molecular formula is C11H22O3. The molecule has 0 aromatic carbocycles. The third-order valence-corrected chi connectivity index (χ3v) is 2.05. The zero-order valence-corrected chi connectivity index (χ0v) is 9.13. The van der Waals surface area contributed by atoms with Crippen molar-refractivity contribution in [3.63, 3.8) is 0 Å². The molecule has 14 heavy (non-hydrogen) atoms. The summed E-state index contributed by atoms with van der Waals surface area (Å²) in [6.45, 7) is 2.86. The Morgan fingerprint density at radius 2 is 1.93 bits per heavy atom. The molecule has 0 aliphatic rings. The summed E-state index contributed by atoms with van der Waals surface area (Å²) in [4.78, 5) is 11.0. The minimum atomic E-state index is -0.130. The molecule has 0 spiro atoms. The van der Waals surface area contributed by atoms with Crippen LogP contribution >= 0.6 is 0 Å². The van der Waals surface area contributed by atoms with Crippen LogP contribution < -0.4 is 0 Å². The van der Waals surface area contributed by atoms with Crippen molar-refractivity contribution in [2.75, 3.05) is 13.2 Å². The molecule has 84 valence electrons. The highest BCUT2D eigenvalue weighted by atomic mass is 16.5. The van der Waals surface area contributed by atoms with Gasteiger partial charge in [-0.1, -0.05) is 26.2 Å². The first-order chi connectivity index (χ1) is 6.81. The Labute approximate surface area is 86.5 Å². The van der Waals surface area contributed by atoms with Gasteiger partial charge in [0, 0.05) is 13.0 Å². The van der Waals surface area contributed by atoms with E-state index in [0.717, 1.165) is 19.3 Å². The summed E-state index contributed by atoms with van der Waals surface area (Å²) in [6, 6.07) is 0. The summed E-state index contributed by atoms with van der Waals surface area (Å²) in [5.74, 6) is -0.130. The van der Waals surface area contributed by atoms with Crippen molar-refractivity contribution >= 4 is 5.97 Å². The molecule has 0 aliphatic carbocycles. The van der Waals surface area contributed by atoms with Crippen LogP contribution in [-0.4, -0.2) is 24.3 Å². The zero-order valence-electron chi connectivity index (χ0n) is 9.13. The van der Waals surface area contributed by atoms with Gasteiger partial charge >= 0.3 is 5.97 Å². The Morgan fingerprint density at radius 1 is 1.14 bits per heavy atom. The van der Waals surface area contributed by atoms with Gasteiger partial charge in [-0.15, -0.1) is 0 Å². The maximum atomic E-state index is 11.0. The molecule has 0 saturated heterocycles. The van der Waals surface area contributed by atoms with Gasteiger partial charge in [0.15, 0.2) is 0 Å². The molecule has 0 bridgehead atoms. The van der Waals surface area contributed by atoms with Gasteiger partial charge < -0.3 is 9.84 Å². The van der Waals surface area contributed by atoms with Crippen LogP contribution in [0.3, 0.4) is 0 Å². The second kappa shape index (κ2) is 10.5. The summed E-state index contributed by atoms with van der Waals surface area (Å²) in [5.41, 5.74) is 0. The van der Waals surface area contributed by atoms with Gasteiger partial charge in [-0.3, -0.25) is 4.79 Å². The van der Waals surface area contributed by atoms with Crippen molar-refractivity contribution < 1.29 is 14.6 Å². The summed E-state index contributed by atoms with van der Waals surface area (Å²) >= 11 is 0. The van der Waals surface area contributed by atoms with E-state index in [0.29, 0.717) is 19.4 Å². The van der Waals surface area contributed by atoms with E-state index in [1.807, 2.05) is 0 Å². The molecule has 3 heteroatoms. The molecule has 0 heterocycles. The van der Waals surface area contributed by atoms with E-state index in [4.69, 9.17) is 9.84 Å². The average molecular weight is 202 g/mol. The van der Waals surface area contributed by atoms with Crippen molar-refractivity contribution in [2.24, 2.45) is 0 Å². The molecule has 0 atom stereocenters. The van der Waals surface area contributed by atoms with Gasteiger partial charge in [0.05, 0.1) is 6.61 Å². The molecule has 0 radical (unpaired) electrons. The molecule has 0 aliphatic heterocycles. The summed E-state index contributed by atoms with van der Waals surface area (Å²) in [7, 11) is 0. The van der Waals surface area contributed by atoms with Crippen molar-refractivity contribution in [3.8, 4) is 0 Å². The van der Waals surface area contributed by atoms with Crippen LogP contribution in [-0.2, 0) is 9.53 Å². The molecule has 0 unspecified atom stereocenters. The lowest BCUT2D eigenvalue weighted by Crippen LogP contribution is -2.05. The minimum Gasteiger partial charge on any atom is -0.466 e. The van der Waals surface area contributed by atoms with Crippen LogP contribution in [0.5, 0.6) is 0 Å². The summed E-state index contributed by atoms with van der Waals surface area (Å²) in [5, 5.41) is 8.50. The fourth-order valence-corrected chi connectivity index (χ4v) is 1.17. The fraction of sp³-hybridized carbons (Fsp3) is 0.909. The van der Waals surface area contributed by atoms with E-state index in [9.17, 15) is 4.79 Å². The third-order valence-electron chi connectivity index (χ3n) is 2.05. The van der Waals surface area contributed by atoms with Crippen LogP contribution in [0.15, 0.2) is 0 Å². The van der Waals surface area contributed by atoms with Gasteiger partial charge in [0.2, 0.25) is 0 Å². The van der Waals surface area contributed by atoms with Crippen molar-refractivity contribution in [1.29, 1.82) is 0 Å². The number of rotatable bonds is 9. The van der Waals surface area contributed by atoms with Crippen molar-refractivity contribution in [2.45, 2.75) is 51.9 Å². The topological polar surface area (TPSA) is 46.5 Å². The number of hydrogen-bond donors (Lipinski definition) is 1. The molecule has 0 aromatic heterocycles. The van der Waals surface area contributed by atoms with Gasteiger partial charge in [-0.05, 0) is 19.3 Å². The van der Waals surface area contributed by atoms with Crippen LogP contribution in [0.1, 0.15) is 51.9 Å². The predicted molar refractivity (Wildman–Crippen MR) is 56.0 cm³/mol. The van der Waals surface area contributed by atoms with Gasteiger partial charge in [0.25, 0.3) is 0 Å². The Morgan fingerprint density at radius 3 is 2.57 bits per heavy atom. The van der Waals surface area contributed by atoms with Crippen LogP contribution in [0.25, 0.3) is 0 Å². The van der Waals surface area contributed by atoms with E-state index in [1.54, 1.807) is 0 Å². The van der Waals surface area contributed by atoms with Gasteiger partial charge in [-0.25, -0.2) is 0 Å². The molecule has 1 N–H and O–H groups in total. The smallest absolute Gasteiger partial charge is 0.305 e. The lowest BCUT2D eigenvalue weighted by molar-refractivity contribution is -0.143. The molecule has 0 fully saturated rings. The number of ether oxygens (including phenoxy) is 1. The summed E-state index contributed by atoms with van der Waals surface area (Å²) in [6.07, 6.45) is 6.37. The largest absolute Gasteiger partial charge is 0.466 e. The standard InChI is InChI=1S/C11H22O3/c1-2-3-4-7-10-14-11(13)8-5-6-9-12/h12H,2-10H2,1H3. The van der Waals surface area contributed by atoms with Crippen molar-refractivity contribution in [1.82, 2.24) is 0 Å². The first kappa shape index (κ1) is 13.4. The molecule has 0 rings (SSSR count). The van der Waals surface area contributed by atoms with Gasteiger partial charge in [-0.2, -0.15) is 0 Å². The van der Waals surface area contributed by atoms with E-state index in [1.165, 1.54) is 12.8 Å². The van der Waals surface area contributed by atoms with E-state index in [2.05, 4.69) is 6.92 Å². The van der Waals surface area contributed by atoms with E-state index >= 15 is 0 Å². The highest BCUT2D eigenvalue weighted by molar-refractivity contribution is 5.69. The van der Waals surface area contributed by atoms with E-state index in [-0.39, 0.29) is 12.6 Å². The molecular weight excluding hydrogens is 180 g/mol. The maximum Gasteiger partial charge on any atom is 0.305 e. The minimum absolute atomic E-state index is 0.130. The zero-order chi connectivity index (χ0) is 10.6. The average Bonchev–Trinajstić information content (AvgIpc) is 2.18. The number of esters is 1. The summed E-state index contributed by atoms with van der Waals surface area (Å²) < 4.78 is 5.01. The van der Waals surface area contributed by atoms with Gasteiger partial charge in [0.1, 0.15) is 0 Å². The first-order valence-corrected chi connectivity index (χ1v) is 5.57. The second-order valence-electron chi connectivity index (χ2n) is 3.46. The van der Waals surface area contributed by atoms with Crippen LogP contribution in [0.2, 0.25) is 0 Å². The Kier molecular flexibility index (Phi) is 10.1. The number of aliphatic hydroxyl groups excluding tert-OH is 1. The van der Waals surface area contributed by atoms with Crippen LogP contribution in [0.4, 0.5) is 0 Å². The molecule has 3 nitrogen and oxygen atoms in total. The Bertz CT molecular complexity index is 134. The third kappa shape index (κ3) is 9.52. The fourth-order valence-electron chi connectivity index (χ4n) is 1.17. The number of carbonyl (C=O) groups excluding carboxylic acids is 1. The SMILES string of the molecule is CCCCCCOC(=O)CCCCO. The lowest BCUT2D eigenvalue weighted by atomic mass is 10.2. The molecule has 0 amide bonds. The monoisotopic (exact) mass is 202 g/mol. The lowest BCUT2D eigenvalue weighted by Gasteiger charge is -2.03. The number of aliphatic hydroxyl groups is 1. The second-order valence-corrected chi connectivity index (χ2v) is 3.46. The molecule has 0 saturated carbocycles. The quantitative estimate of drug-likeness (QED) is 0.461. The Balaban J connectivity index is 3.10. The normalized spacial score (nSPS) is 10.1. The number of hydrogen-bond acceptors (Lipinski definition) is 3. The van der Waals surface area contributed by atoms with Crippen molar-refractivity contribution in [3.05, 3.63) is 0 Å². The Hall–Kier alpha value is -0.570. The highest BCUT2D eigenvalue weighted by Gasteiger charge is 2.01. The van der Waals surface area contributed by atoms with Crippen LogP contribution in [0, 0.1) is 0 Å². The number of unbranched alkanes of at least 4 members (excludes halogenated alkanes) is 4. The number of carbonyl (C=O) groups is 1.